The van der Waals surface area contributed by atoms with Crippen molar-refractivity contribution in [1.29, 1.82) is 0 Å². The minimum absolute atomic E-state index is 0.0549. The summed E-state index contributed by atoms with van der Waals surface area (Å²) in [6, 6.07) is 18.7. The van der Waals surface area contributed by atoms with Gasteiger partial charge in [-0.25, -0.2) is 0 Å². The van der Waals surface area contributed by atoms with E-state index >= 15 is 0 Å². The topological polar surface area (TPSA) is 57.5 Å². The highest BCUT2D eigenvalue weighted by Crippen LogP contribution is 2.29. The molecule has 2 aromatic carbocycles. The molecule has 0 bridgehead atoms. The van der Waals surface area contributed by atoms with Gasteiger partial charge in [0.1, 0.15) is 0 Å². The fraction of sp³-hybridized carbons (Fsp3) is 0.235. The maximum absolute atomic E-state index is 11.5. The summed E-state index contributed by atoms with van der Waals surface area (Å²) >= 11 is 0. The van der Waals surface area contributed by atoms with Gasteiger partial charge in [-0.1, -0.05) is 60.7 Å². The highest BCUT2D eigenvalue weighted by Gasteiger charge is 2.24. The van der Waals surface area contributed by atoms with E-state index in [4.69, 9.17) is 0 Å². The summed E-state index contributed by atoms with van der Waals surface area (Å²) in [5, 5.41) is 19.0. The molecule has 0 heterocycles. The quantitative estimate of drug-likeness (QED) is 0.848. The Morgan fingerprint density at radius 2 is 1.40 bits per heavy atom. The second-order valence-corrected chi connectivity index (χ2v) is 4.83. The molecule has 3 heteroatoms. The van der Waals surface area contributed by atoms with Gasteiger partial charge < -0.3 is 10.2 Å². The van der Waals surface area contributed by atoms with E-state index in [1.54, 1.807) is 0 Å². The van der Waals surface area contributed by atoms with Crippen LogP contribution in [0.15, 0.2) is 60.7 Å². The maximum Gasteiger partial charge on any atom is 0.310 e. The predicted octanol–water partition coefficient (Wildman–Crippen LogP) is 3.02. The van der Waals surface area contributed by atoms with Crippen LogP contribution in [0.5, 0.6) is 0 Å². The Hall–Kier alpha value is -2.13. The Morgan fingerprint density at radius 1 is 0.900 bits per heavy atom. The molecule has 2 unspecified atom stereocenters. The van der Waals surface area contributed by atoms with Crippen LogP contribution < -0.4 is 0 Å². The molecule has 0 fully saturated rings. The first-order chi connectivity index (χ1) is 9.72. The lowest BCUT2D eigenvalue weighted by Gasteiger charge is -2.20. The second-order valence-electron chi connectivity index (χ2n) is 4.83. The molecule has 0 amide bonds. The van der Waals surface area contributed by atoms with E-state index in [2.05, 4.69) is 0 Å². The van der Waals surface area contributed by atoms with E-state index in [0.717, 1.165) is 11.1 Å². The zero-order chi connectivity index (χ0) is 14.4. The molecule has 104 valence electrons. The number of carboxylic acid groups (broad SMARTS) is 1. The Labute approximate surface area is 118 Å². The molecule has 0 saturated carbocycles. The molecular formula is C17H18O3. The smallest absolute Gasteiger partial charge is 0.310 e. The van der Waals surface area contributed by atoms with Gasteiger partial charge in [0, 0.05) is 12.5 Å². The first-order valence-electron chi connectivity index (χ1n) is 6.66. The molecule has 2 aromatic rings. The molecule has 2 atom stereocenters. The molecule has 0 aliphatic heterocycles. The molecule has 0 aliphatic rings. The molecule has 2 rings (SSSR count). The van der Waals surface area contributed by atoms with Crippen molar-refractivity contribution < 1.29 is 15.0 Å². The number of aliphatic hydroxyl groups excluding tert-OH is 1. The second kappa shape index (κ2) is 6.87. The van der Waals surface area contributed by atoms with Crippen molar-refractivity contribution in [3.8, 4) is 0 Å². The molecule has 0 saturated heterocycles. The van der Waals surface area contributed by atoms with Gasteiger partial charge >= 0.3 is 5.97 Å². The van der Waals surface area contributed by atoms with Gasteiger partial charge in [-0.05, 0) is 17.5 Å². The maximum atomic E-state index is 11.5. The van der Waals surface area contributed by atoms with E-state index in [1.807, 2.05) is 60.7 Å². The zero-order valence-electron chi connectivity index (χ0n) is 11.1. The summed E-state index contributed by atoms with van der Waals surface area (Å²) in [7, 11) is 0. The molecule has 0 radical (unpaired) electrons. The van der Waals surface area contributed by atoms with Crippen molar-refractivity contribution in [3.63, 3.8) is 0 Å². The van der Waals surface area contributed by atoms with Gasteiger partial charge in [0.15, 0.2) is 0 Å². The van der Waals surface area contributed by atoms with E-state index in [9.17, 15) is 15.0 Å². The highest BCUT2D eigenvalue weighted by molar-refractivity contribution is 5.76. The first kappa shape index (κ1) is 14.3. The van der Waals surface area contributed by atoms with Crippen LogP contribution in [-0.2, 0) is 4.79 Å². The number of carboxylic acids is 1. The Balaban J connectivity index is 2.21. The van der Waals surface area contributed by atoms with Gasteiger partial charge in [0.05, 0.1) is 5.92 Å². The number of rotatable bonds is 6. The monoisotopic (exact) mass is 270 g/mol. The number of hydrogen-bond acceptors (Lipinski definition) is 2. The minimum Gasteiger partial charge on any atom is -0.481 e. The summed E-state index contributed by atoms with van der Waals surface area (Å²) in [6.07, 6.45) is 0.389. The predicted molar refractivity (Wildman–Crippen MR) is 77.7 cm³/mol. The third-order valence-corrected chi connectivity index (χ3v) is 3.51. The SMILES string of the molecule is O=C(O)C(CC(CO)c1ccccc1)c1ccccc1. The first-order valence-corrected chi connectivity index (χ1v) is 6.66. The van der Waals surface area contributed by atoms with Gasteiger partial charge in [-0.3, -0.25) is 4.79 Å². The number of hydrogen-bond donors (Lipinski definition) is 2. The number of carbonyl (C=O) groups is 1. The Morgan fingerprint density at radius 3 is 1.85 bits per heavy atom. The molecular weight excluding hydrogens is 252 g/mol. The van der Waals surface area contributed by atoms with Crippen molar-refractivity contribution in [2.75, 3.05) is 6.61 Å². The molecule has 0 aliphatic carbocycles. The van der Waals surface area contributed by atoms with Crippen LogP contribution in [0.1, 0.15) is 29.4 Å². The highest BCUT2D eigenvalue weighted by atomic mass is 16.4. The van der Waals surface area contributed by atoms with Crippen LogP contribution in [0, 0.1) is 0 Å². The standard InChI is InChI=1S/C17H18O3/c18-12-15(13-7-3-1-4-8-13)11-16(17(19)20)14-9-5-2-6-10-14/h1-10,15-16,18H,11-12H2,(H,19,20). The summed E-state index contributed by atoms with van der Waals surface area (Å²) in [5.41, 5.74) is 1.74. The van der Waals surface area contributed by atoms with Crippen LogP contribution in [0.4, 0.5) is 0 Å². The fourth-order valence-corrected chi connectivity index (χ4v) is 2.39. The van der Waals surface area contributed by atoms with Crippen LogP contribution >= 0.6 is 0 Å². The number of aliphatic hydroxyl groups is 1. The van der Waals surface area contributed by atoms with Crippen LogP contribution in [0.2, 0.25) is 0 Å². The van der Waals surface area contributed by atoms with Crippen LogP contribution in [0.3, 0.4) is 0 Å². The molecule has 0 spiro atoms. The third-order valence-electron chi connectivity index (χ3n) is 3.51. The summed E-state index contributed by atoms with van der Waals surface area (Å²) in [6.45, 7) is -0.0549. The van der Waals surface area contributed by atoms with Crippen molar-refractivity contribution in [2.24, 2.45) is 0 Å². The Bertz CT molecular complexity index is 537. The largest absolute Gasteiger partial charge is 0.481 e. The summed E-state index contributed by atoms with van der Waals surface area (Å²) in [4.78, 5) is 11.5. The molecule has 0 aromatic heterocycles. The normalized spacial score (nSPS) is 13.7. The van der Waals surface area contributed by atoms with Crippen molar-refractivity contribution in [2.45, 2.75) is 18.3 Å². The van der Waals surface area contributed by atoms with Gasteiger partial charge in [-0.2, -0.15) is 0 Å². The molecule has 3 nitrogen and oxygen atoms in total. The van der Waals surface area contributed by atoms with Gasteiger partial charge in [0.25, 0.3) is 0 Å². The molecule has 2 N–H and O–H groups in total. The lowest BCUT2D eigenvalue weighted by molar-refractivity contribution is -0.139. The lowest BCUT2D eigenvalue weighted by Crippen LogP contribution is -2.17. The van der Waals surface area contributed by atoms with E-state index in [1.165, 1.54) is 0 Å². The third kappa shape index (κ3) is 3.45. The zero-order valence-corrected chi connectivity index (χ0v) is 11.1. The van der Waals surface area contributed by atoms with Crippen LogP contribution in [-0.4, -0.2) is 22.8 Å². The molecule has 20 heavy (non-hydrogen) atoms. The van der Waals surface area contributed by atoms with Crippen LogP contribution in [0.25, 0.3) is 0 Å². The van der Waals surface area contributed by atoms with E-state index in [-0.39, 0.29) is 12.5 Å². The summed E-state index contributed by atoms with van der Waals surface area (Å²) in [5.74, 6) is -1.63. The fourth-order valence-electron chi connectivity index (χ4n) is 2.39. The average Bonchev–Trinajstić information content (AvgIpc) is 2.50. The number of benzene rings is 2. The van der Waals surface area contributed by atoms with E-state index < -0.39 is 11.9 Å². The number of aliphatic carboxylic acids is 1. The Kier molecular flexibility index (Phi) is 4.91. The van der Waals surface area contributed by atoms with Crippen molar-refractivity contribution in [1.82, 2.24) is 0 Å². The van der Waals surface area contributed by atoms with E-state index in [0.29, 0.717) is 6.42 Å². The average molecular weight is 270 g/mol. The van der Waals surface area contributed by atoms with Crippen molar-refractivity contribution in [3.05, 3.63) is 71.8 Å². The van der Waals surface area contributed by atoms with Gasteiger partial charge in [-0.15, -0.1) is 0 Å². The summed E-state index contributed by atoms with van der Waals surface area (Å²) < 4.78 is 0. The minimum atomic E-state index is -0.856. The lowest BCUT2D eigenvalue weighted by atomic mass is 9.85. The van der Waals surface area contributed by atoms with Crippen molar-refractivity contribution >= 4 is 5.97 Å². The van der Waals surface area contributed by atoms with Gasteiger partial charge in [0.2, 0.25) is 0 Å².